The van der Waals surface area contributed by atoms with Gasteiger partial charge in [0, 0.05) is 44.8 Å². The summed E-state index contributed by atoms with van der Waals surface area (Å²) in [5.41, 5.74) is 2.40. The number of carbonyl (C=O) groups is 1. The van der Waals surface area contributed by atoms with Gasteiger partial charge in [-0.2, -0.15) is 0 Å². The van der Waals surface area contributed by atoms with Crippen LogP contribution in [0.2, 0.25) is 0 Å². The summed E-state index contributed by atoms with van der Waals surface area (Å²) in [6.45, 7) is 4.66. The van der Waals surface area contributed by atoms with Gasteiger partial charge in [-0.1, -0.05) is 60.7 Å². The molecule has 0 unspecified atom stereocenters. The van der Waals surface area contributed by atoms with Gasteiger partial charge in [-0.05, 0) is 30.4 Å². The van der Waals surface area contributed by atoms with Crippen molar-refractivity contribution in [3.05, 3.63) is 71.8 Å². The van der Waals surface area contributed by atoms with E-state index >= 15 is 0 Å². The molecular weight excluding hydrogens is 362 g/mol. The van der Waals surface area contributed by atoms with Gasteiger partial charge in [0.2, 0.25) is 0 Å². The van der Waals surface area contributed by atoms with Crippen molar-refractivity contribution in [1.82, 2.24) is 15.1 Å². The second-order valence-corrected chi connectivity index (χ2v) is 8.11. The summed E-state index contributed by atoms with van der Waals surface area (Å²) in [6, 6.07) is 21.6. The molecule has 5 heteroatoms. The Kier molecular flexibility index (Phi) is 6.80. The number of hydrogen-bond donors (Lipinski definition) is 1. The predicted octanol–water partition coefficient (Wildman–Crippen LogP) is 3.65. The molecule has 0 bridgehead atoms. The zero-order valence-electron chi connectivity index (χ0n) is 17.0. The summed E-state index contributed by atoms with van der Waals surface area (Å²) >= 11 is 0. The number of piperazine rings is 1. The highest BCUT2D eigenvalue weighted by molar-refractivity contribution is 5.67. The Morgan fingerprint density at radius 1 is 1.03 bits per heavy atom. The summed E-state index contributed by atoms with van der Waals surface area (Å²) in [4.78, 5) is 16.9. The summed E-state index contributed by atoms with van der Waals surface area (Å²) in [5, 5.41) is 3.58. The third-order valence-electron chi connectivity index (χ3n) is 5.78. The van der Waals surface area contributed by atoms with Crippen molar-refractivity contribution in [2.24, 2.45) is 0 Å². The fourth-order valence-corrected chi connectivity index (χ4v) is 3.97. The van der Waals surface area contributed by atoms with Crippen LogP contribution in [0.1, 0.15) is 30.4 Å². The standard InChI is InChI=1S/C24H31N3O2/c28-24(29-19-21-9-5-2-6-10-21)27-16-14-25-22(18-27)13-15-26(23-11-12-23)17-20-7-3-1-4-8-20/h1-10,22-23,25H,11-19H2/t22-/m1/s1. The van der Waals surface area contributed by atoms with E-state index in [1.54, 1.807) is 0 Å². The van der Waals surface area contributed by atoms with Gasteiger partial charge in [-0.3, -0.25) is 4.90 Å². The maximum Gasteiger partial charge on any atom is 0.410 e. The first-order valence-corrected chi connectivity index (χ1v) is 10.7. The van der Waals surface area contributed by atoms with Crippen molar-refractivity contribution < 1.29 is 9.53 Å². The fraction of sp³-hybridized carbons (Fsp3) is 0.458. The molecular formula is C24H31N3O2. The van der Waals surface area contributed by atoms with Crippen molar-refractivity contribution >= 4 is 6.09 Å². The van der Waals surface area contributed by atoms with E-state index in [0.29, 0.717) is 19.2 Å². The number of amides is 1. The lowest BCUT2D eigenvalue weighted by Gasteiger charge is -2.34. The molecule has 2 aliphatic rings. The first kappa shape index (κ1) is 19.9. The zero-order valence-corrected chi connectivity index (χ0v) is 17.0. The Hall–Kier alpha value is -2.37. The van der Waals surface area contributed by atoms with Gasteiger partial charge in [0.15, 0.2) is 0 Å². The number of carbonyl (C=O) groups excluding carboxylic acids is 1. The van der Waals surface area contributed by atoms with Crippen LogP contribution in [-0.2, 0) is 17.9 Å². The van der Waals surface area contributed by atoms with E-state index < -0.39 is 0 Å². The van der Waals surface area contributed by atoms with E-state index in [9.17, 15) is 4.79 Å². The van der Waals surface area contributed by atoms with Crippen LogP contribution in [0.15, 0.2) is 60.7 Å². The number of hydrogen-bond acceptors (Lipinski definition) is 4. The molecule has 1 saturated carbocycles. The number of benzene rings is 2. The molecule has 5 nitrogen and oxygen atoms in total. The van der Waals surface area contributed by atoms with Gasteiger partial charge in [0.1, 0.15) is 6.61 Å². The van der Waals surface area contributed by atoms with Crippen LogP contribution in [0.25, 0.3) is 0 Å². The summed E-state index contributed by atoms with van der Waals surface area (Å²) < 4.78 is 5.52. The van der Waals surface area contributed by atoms with Crippen LogP contribution in [0, 0.1) is 0 Å². The topological polar surface area (TPSA) is 44.8 Å². The van der Waals surface area contributed by atoms with Gasteiger partial charge in [-0.25, -0.2) is 4.79 Å². The lowest BCUT2D eigenvalue weighted by molar-refractivity contribution is 0.0827. The van der Waals surface area contributed by atoms with Crippen molar-refractivity contribution in [3.63, 3.8) is 0 Å². The fourth-order valence-electron chi connectivity index (χ4n) is 3.97. The normalized spacial score (nSPS) is 19.3. The number of nitrogens with one attached hydrogen (secondary N) is 1. The van der Waals surface area contributed by atoms with Crippen LogP contribution in [0.4, 0.5) is 4.79 Å². The van der Waals surface area contributed by atoms with E-state index in [2.05, 4.69) is 40.5 Å². The van der Waals surface area contributed by atoms with E-state index in [-0.39, 0.29) is 6.09 Å². The van der Waals surface area contributed by atoms with Crippen molar-refractivity contribution in [2.75, 3.05) is 26.2 Å². The lowest BCUT2D eigenvalue weighted by atomic mass is 10.1. The molecule has 1 atom stereocenters. The largest absolute Gasteiger partial charge is 0.445 e. The molecule has 29 heavy (non-hydrogen) atoms. The monoisotopic (exact) mass is 393 g/mol. The van der Waals surface area contributed by atoms with E-state index in [4.69, 9.17) is 4.74 Å². The Balaban J connectivity index is 1.24. The van der Waals surface area contributed by atoms with Gasteiger partial charge in [-0.15, -0.1) is 0 Å². The molecule has 4 rings (SSSR count). The minimum absolute atomic E-state index is 0.205. The first-order chi connectivity index (χ1) is 14.3. The minimum Gasteiger partial charge on any atom is -0.445 e. The van der Waals surface area contributed by atoms with Crippen molar-refractivity contribution in [1.29, 1.82) is 0 Å². The Morgan fingerprint density at radius 3 is 2.41 bits per heavy atom. The van der Waals surface area contributed by atoms with Crippen molar-refractivity contribution in [2.45, 2.75) is 44.5 Å². The van der Waals surface area contributed by atoms with E-state index in [1.165, 1.54) is 18.4 Å². The van der Waals surface area contributed by atoms with Crippen LogP contribution >= 0.6 is 0 Å². The number of rotatable bonds is 8. The quantitative estimate of drug-likeness (QED) is 0.744. The van der Waals surface area contributed by atoms with Crippen LogP contribution in [-0.4, -0.2) is 54.2 Å². The highest BCUT2D eigenvalue weighted by Crippen LogP contribution is 2.28. The summed E-state index contributed by atoms with van der Waals surface area (Å²) in [7, 11) is 0. The average molecular weight is 394 g/mol. The second kappa shape index (κ2) is 9.90. The molecule has 1 aliphatic heterocycles. The summed E-state index contributed by atoms with van der Waals surface area (Å²) in [6.07, 6.45) is 3.46. The molecule has 2 aromatic rings. The number of nitrogens with zero attached hydrogens (tertiary/aromatic N) is 2. The van der Waals surface area contributed by atoms with Crippen LogP contribution < -0.4 is 5.32 Å². The van der Waals surface area contributed by atoms with E-state index in [1.807, 2.05) is 35.2 Å². The lowest BCUT2D eigenvalue weighted by Crippen LogP contribution is -2.53. The minimum atomic E-state index is -0.205. The maximum absolute atomic E-state index is 12.5. The molecule has 0 aromatic heterocycles. The second-order valence-electron chi connectivity index (χ2n) is 8.11. The zero-order chi connectivity index (χ0) is 19.9. The molecule has 1 aliphatic carbocycles. The molecule has 2 aromatic carbocycles. The highest BCUT2D eigenvalue weighted by atomic mass is 16.6. The SMILES string of the molecule is O=C(OCc1ccccc1)N1CCN[C@H](CCN(Cc2ccccc2)C2CC2)C1. The van der Waals surface area contributed by atoms with Gasteiger partial charge >= 0.3 is 6.09 Å². The van der Waals surface area contributed by atoms with Gasteiger partial charge in [0.25, 0.3) is 0 Å². The van der Waals surface area contributed by atoms with Crippen LogP contribution in [0.3, 0.4) is 0 Å². The van der Waals surface area contributed by atoms with Gasteiger partial charge in [0.05, 0.1) is 0 Å². The molecule has 1 heterocycles. The molecule has 1 amide bonds. The van der Waals surface area contributed by atoms with Gasteiger partial charge < -0.3 is 15.0 Å². The first-order valence-electron chi connectivity index (χ1n) is 10.7. The molecule has 1 saturated heterocycles. The van der Waals surface area contributed by atoms with E-state index in [0.717, 1.165) is 44.2 Å². The maximum atomic E-state index is 12.5. The smallest absolute Gasteiger partial charge is 0.410 e. The molecule has 0 radical (unpaired) electrons. The average Bonchev–Trinajstić information content (AvgIpc) is 3.62. The third-order valence-corrected chi connectivity index (χ3v) is 5.78. The molecule has 1 N–H and O–H groups in total. The molecule has 154 valence electrons. The summed E-state index contributed by atoms with van der Waals surface area (Å²) in [5.74, 6) is 0. The molecule has 2 fully saturated rings. The third kappa shape index (κ3) is 6.05. The van der Waals surface area contributed by atoms with Crippen LogP contribution in [0.5, 0.6) is 0 Å². The predicted molar refractivity (Wildman–Crippen MR) is 114 cm³/mol. The molecule has 0 spiro atoms. The highest BCUT2D eigenvalue weighted by Gasteiger charge is 2.30. The number of ether oxygens (including phenoxy) is 1. The Labute approximate surface area is 173 Å². The Bertz CT molecular complexity index is 764. The van der Waals surface area contributed by atoms with Crippen molar-refractivity contribution in [3.8, 4) is 0 Å². The Morgan fingerprint density at radius 2 is 1.72 bits per heavy atom.